The zero-order chi connectivity index (χ0) is 11.0. The van der Waals surface area contributed by atoms with Crippen molar-refractivity contribution in [2.45, 2.75) is 19.8 Å². The molecule has 2 rings (SSSR count). The first-order chi connectivity index (χ1) is 7.08. The van der Waals surface area contributed by atoms with Crippen LogP contribution in [-0.2, 0) is 0 Å². The minimum Gasteiger partial charge on any atom is -0.477 e. The molecule has 0 spiro atoms. The van der Waals surface area contributed by atoms with Crippen LogP contribution in [0.4, 0.5) is 0 Å². The molecule has 0 atom stereocenters. The highest BCUT2D eigenvalue weighted by molar-refractivity contribution is 7.20. The van der Waals surface area contributed by atoms with E-state index in [1.807, 2.05) is 12.1 Å². The van der Waals surface area contributed by atoms with Gasteiger partial charge in [-0.15, -0.1) is 11.3 Å². The van der Waals surface area contributed by atoms with E-state index in [0.29, 0.717) is 10.8 Å². The molecule has 0 radical (unpaired) electrons. The van der Waals surface area contributed by atoms with Crippen LogP contribution >= 0.6 is 11.3 Å². The highest BCUT2D eigenvalue weighted by Crippen LogP contribution is 2.25. The van der Waals surface area contributed by atoms with E-state index in [-0.39, 0.29) is 0 Å². The molecule has 78 valence electrons. The van der Waals surface area contributed by atoms with Gasteiger partial charge in [0.1, 0.15) is 9.71 Å². The number of fused-ring (bicyclic) bond motifs is 1. The molecule has 3 nitrogen and oxygen atoms in total. The maximum absolute atomic E-state index is 10.8. The predicted molar refractivity (Wildman–Crippen MR) is 60.7 cm³/mol. The first-order valence-electron chi connectivity index (χ1n) is 4.71. The zero-order valence-corrected chi connectivity index (χ0v) is 9.34. The van der Waals surface area contributed by atoms with Crippen molar-refractivity contribution in [2.24, 2.45) is 0 Å². The van der Waals surface area contributed by atoms with Crippen molar-refractivity contribution in [3.05, 3.63) is 28.8 Å². The molecule has 0 bridgehead atoms. The molecule has 0 saturated heterocycles. The summed E-state index contributed by atoms with van der Waals surface area (Å²) in [5.74, 6) is -0.520. The van der Waals surface area contributed by atoms with E-state index >= 15 is 0 Å². The Hall–Kier alpha value is -1.42. The molecular formula is C11H11NO2S. The van der Waals surface area contributed by atoms with E-state index in [2.05, 4.69) is 18.8 Å². The molecular weight excluding hydrogens is 210 g/mol. The number of pyridine rings is 1. The second-order valence-corrected chi connectivity index (χ2v) is 4.73. The third kappa shape index (κ3) is 1.85. The van der Waals surface area contributed by atoms with Crippen molar-refractivity contribution in [2.75, 3.05) is 0 Å². The van der Waals surface area contributed by atoms with Gasteiger partial charge in [-0.2, -0.15) is 0 Å². The van der Waals surface area contributed by atoms with E-state index in [9.17, 15) is 4.79 Å². The van der Waals surface area contributed by atoms with E-state index < -0.39 is 5.97 Å². The Balaban J connectivity index is 2.57. The summed E-state index contributed by atoms with van der Waals surface area (Å²) in [7, 11) is 0. The van der Waals surface area contributed by atoms with Crippen LogP contribution in [0, 0.1) is 0 Å². The topological polar surface area (TPSA) is 50.2 Å². The smallest absolute Gasteiger partial charge is 0.345 e. The number of carboxylic acids is 1. The Morgan fingerprint density at radius 2 is 2.20 bits per heavy atom. The number of carboxylic acid groups (broad SMARTS) is 1. The molecule has 2 aromatic rings. The van der Waals surface area contributed by atoms with Gasteiger partial charge in [-0.1, -0.05) is 19.9 Å². The molecule has 1 N–H and O–H groups in total. The molecule has 0 unspecified atom stereocenters. The van der Waals surface area contributed by atoms with Crippen molar-refractivity contribution in [1.29, 1.82) is 0 Å². The standard InChI is InChI=1S/C11H11NO2S/c1-6(2)8-4-3-7-5-9(11(13)14)15-10(7)12-8/h3-6H,1-2H3,(H,13,14). The van der Waals surface area contributed by atoms with Crippen LogP contribution in [0.3, 0.4) is 0 Å². The summed E-state index contributed by atoms with van der Waals surface area (Å²) in [4.78, 5) is 16.4. The third-order valence-corrected chi connectivity index (χ3v) is 3.24. The monoisotopic (exact) mass is 221 g/mol. The zero-order valence-electron chi connectivity index (χ0n) is 8.52. The molecule has 0 aliphatic carbocycles. The maximum Gasteiger partial charge on any atom is 0.345 e. The number of thiophene rings is 1. The lowest BCUT2D eigenvalue weighted by Gasteiger charge is -2.02. The SMILES string of the molecule is CC(C)c1ccc2cc(C(=O)O)sc2n1. The number of aromatic carboxylic acids is 1. The van der Waals surface area contributed by atoms with Gasteiger partial charge in [0.05, 0.1) is 0 Å². The van der Waals surface area contributed by atoms with Gasteiger partial charge in [-0.25, -0.2) is 9.78 Å². The summed E-state index contributed by atoms with van der Waals surface area (Å²) < 4.78 is 0. The molecule has 0 fully saturated rings. The van der Waals surface area contributed by atoms with E-state index in [0.717, 1.165) is 15.9 Å². The Morgan fingerprint density at radius 1 is 1.47 bits per heavy atom. The lowest BCUT2D eigenvalue weighted by Crippen LogP contribution is -1.90. The summed E-state index contributed by atoms with van der Waals surface area (Å²) in [6.45, 7) is 4.14. The van der Waals surface area contributed by atoms with Crippen LogP contribution in [0.15, 0.2) is 18.2 Å². The number of hydrogen-bond donors (Lipinski definition) is 1. The quantitative estimate of drug-likeness (QED) is 0.847. The van der Waals surface area contributed by atoms with Gasteiger partial charge in [-0.05, 0) is 18.1 Å². The molecule has 2 heterocycles. The van der Waals surface area contributed by atoms with E-state index in [4.69, 9.17) is 5.11 Å². The molecule has 15 heavy (non-hydrogen) atoms. The molecule has 0 aliphatic heterocycles. The highest BCUT2D eigenvalue weighted by atomic mass is 32.1. The highest BCUT2D eigenvalue weighted by Gasteiger charge is 2.10. The fourth-order valence-electron chi connectivity index (χ4n) is 1.36. The first-order valence-corrected chi connectivity index (χ1v) is 5.53. The molecule has 0 saturated carbocycles. The molecule has 0 amide bonds. The van der Waals surface area contributed by atoms with Gasteiger partial charge < -0.3 is 5.11 Å². The number of hydrogen-bond acceptors (Lipinski definition) is 3. The molecule has 0 aromatic carbocycles. The first kappa shape index (κ1) is 10.1. The number of rotatable bonds is 2. The van der Waals surface area contributed by atoms with Gasteiger partial charge in [-0.3, -0.25) is 0 Å². The second-order valence-electron chi connectivity index (χ2n) is 3.70. The normalized spacial score (nSPS) is 11.1. The fourth-order valence-corrected chi connectivity index (χ4v) is 2.24. The Morgan fingerprint density at radius 3 is 2.80 bits per heavy atom. The summed E-state index contributed by atoms with van der Waals surface area (Å²) in [6.07, 6.45) is 0. The summed E-state index contributed by atoms with van der Waals surface area (Å²) in [5.41, 5.74) is 1.00. The molecule has 4 heteroatoms. The van der Waals surface area contributed by atoms with Gasteiger partial charge in [0.25, 0.3) is 0 Å². The lowest BCUT2D eigenvalue weighted by molar-refractivity contribution is 0.0702. The van der Waals surface area contributed by atoms with Crippen molar-refractivity contribution in [1.82, 2.24) is 4.98 Å². The molecule has 2 aromatic heterocycles. The van der Waals surface area contributed by atoms with Crippen LogP contribution < -0.4 is 0 Å². The van der Waals surface area contributed by atoms with Crippen LogP contribution in [0.2, 0.25) is 0 Å². The van der Waals surface area contributed by atoms with Gasteiger partial charge in [0.2, 0.25) is 0 Å². The number of carbonyl (C=O) groups is 1. The summed E-state index contributed by atoms with van der Waals surface area (Å²) >= 11 is 1.23. The number of nitrogens with zero attached hydrogens (tertiary/aromatic N) is 1. The van der Waals surface area contributed by atoms with Crippen molar-refractivity contribution < 1.29 is 9.90 Å². The summed E-state index contributed by atoms with van der Waals surface area (Å²) in [5, 5.41) is 9.75. The minimum atomic E-state index is -0.885. The average molecular weight is 221 g/mol. The van der Waals surface area contributed by atoms with Crippen LogP contribution in [0.25, 0.3) is 10.2 Å². The summed E-state index contributed by atoms with van der Waals surface area (Å²) in [6, 6.07) is 5.55. The maximum atomic E-state index is 10.8. The Kier molecular flexibility index (Phi) is 2.44. The van der Waals surface area contributed by atoms with Gasteiger partial charge >= 0.3 is 5.97 Å². The Bertz CT molecular complexity index is 516. The third-order valence-electron chi connectivity index (χ3n) is 2.21. The molecule has 0 aliphatic rings. The lowest BCUT2D eigenvalue weighted by atomic mass is 10.1. The minimum absolute atomic E-state index is 0.346. The van der Waals surface area contributed by atoms with Crippen molar-refractivity contribution in [3.63, 3.8) is 0 Å². The van der Waals surface area contributed by atoms with Crippen molar-refractivity contribution >= 4 is 27.5 Å². The van der Waals surface area contributed by atoms with E-state index in [1.165, 1.54) is 11.3 Å². The predicted octanol–water partition coefficient (Wildman–Crippen LogP) is 3.12. The van der Waals surface area contributed by atoms with Crippen LogP contribution in [0.1, 0.15) is 35.1 Å². The fraction of sp³-hybridized carbons (Fsp3) is 0.273. The van der Waals surface area contributed by atoms with E-state index in [1.54, 1.807) is 6.07 Å². The Labute approximate surface area is 91.4 Å². The average Bonchev–Trinajstić information content (AvgIpc) is 2.59. The van der Waals surface area contributed by atoms with Crippen LogP contribution in [-0.4, -0.2) is 16.1 Å². The largest absolute Gasteiger partial charge is 0.477 e. The van der Waals surface area contributed by atoms with Crippen LogP contribution in [0.5, 0.6) is 0 Å². The second kappa shape index (κ2) is 3.62. The van der Waals surface area contributed by atoms with Gasteiger partial charge in [0.15, 0.2) is 0 Å². The number of aromatic nitrogens is 1. The van der Waals surface area contributed by atoms with Gasteiger partial charge in [0, 0.05) is 11.1 Å². The van der Waals surface area contributed by atoms with Crippen molar-refractivity contribution in [3.8, 4) is 0 Å².